The second-order valence-corrected chi connectivity index (χ2v) is 4.89. The molecule has 0 bridgehead atoms. The van der Waals surface area contributed by atoms with Crippen molar-refractivity contribution in [1.82, 2.24) is 15.0 Å². The number of rotatable bonds is 4. The van der Waals surface area contributed by atoms with Gasteiger partial charge in [0.1, 0.15) is 10.5 Å². The molecule has 6 heteroatoms. The first-order chi connectivity index (χ1) is 8.70. The molecule has 2 rings (SSSR count). The van der Waals surface area contributed by atoms with Gasteiger partial charge in [-0.15, -0.1) is 0 Å². The third kappa shape index (κ3) is 3.22. The van der Waals surface area contributed by atoms with Crippen LogP contribution in [0.3, 0.4) is 0 Å². The summed E-state index contributed by atoms with van der Waals surface area (Å²) in [5.41, 5.74) is 1.84. The minimum atomic E-state index is 0.460. The molecule has 0 saturated heterocycles. The monoisotopic (exact) mass is 325 g/mol. The summed E-state index contributed by atoms with van der Waals surface area (Å²) in [5.74, 6) is 0.786. The molecular weight excluding hydrogens is 314 g/mol. The maximum atomic E-state index is 5.20. The number of methoxy groups -OCH3 is 1. The molecule has 0 saturated carbocycles. The van der Waals surface area contributed by atoms with E-state index in [2.05, 4.69) is 30.9 Å². The van der Waals surface area contributed by atoms with Gasteiger partial charge in [0.05, 0.1) is 16.8 Å². The molecule has 0 spiro atoms. The minimum Gasteiger partial charge on any atom is -0.378 e. The molecule has 2 heterocycles. The Morgan fingerprint density at radius 1 is 1.44 bits per heavy atom. The van der Waals surface area contributed by atoms with E-state index in [1.165, 1.54) is 0 Å². The fourth-order valence-electron chi connectivity index (χ4n) is 1.56. The lowest BCUT2D eigenvalue weighted by Gasteiger charge is -2.07. The van der Waals surface area contributed by atoms with Crippen LogP contribution in [0.2, 0.25) is 0 Å². The smallest absolute Gasteiger partial charge is 0.144 e. The lowest BCUT2D eigenvalue weighted by Crippen LogP contribution is -2.04. The van der Waals surface area contributed by atoms with Gasteiger partial charge in [0, 0.05) is 25.4 Å². The number of hydrogen-bond donors (Lipinski definition) is 1. The van der Waals surface area contributed by atoms with Crippen LogP contribution in [-0.4, -0.2) is 22.1 Å². The molecule has 0 radical (unpaired) electrons. The third-order valence-electron chi connectivity index (χ3n) is 2.35. The van der Waals surface area contributed by atoms with Crippen molar-refractivity contribution in [2.24, 2.45) is 0 Å². The highest BCUT2D eigenvalue weighted by molar-refractivity contribution is 9.10. The van der Waals surface area contributed by atoms with E-state index in [1.54, 1.807) is 13.3 Å². The number of ether oxygens (including phenoxy) is 1. The second kappa shape index (κ2) is 6.17. The van der Waals surface area contributed by atoms with Crippen molar-refractivity contribution in [3.63, 3.8) is 0 Å². The number of nitrogens with one attached hydrogen (secondary N) is 1. The van der Waals surface area contributed by atoms with Gasteiger partial charge >= 0.3 is 0 Å². The second-order valence-electron chi connectivity index (χ2n) is 3.71. The molecule has 4 nitrogen and oxygen atoms in total. The van der Waals surface area contributed by atoms with Crippen LogP contribution in [0.5, 0.6) is 0 Å². The maximum Gasteiger partial charge on any atom is 0.144 e. The van der Waals surface area contributed by atoms with Crippen LogP contribution in [0.25, 0.3) is 0 Å². The highest BCUT2D eigenvalue weighted by Crippen LogP contribution is 2.17. The van der Waals surface area contributed by atoms with Crippen molar-refractivity contribution in [2.75, 3.05) is 7.11 Å². The summed E-state index contributed by atoms with van der Waals surface area (Å²) in [6, 6.07) is 5.79. The Hall–Kier alpha value is -1.11. The number of pyridine rings is 1. The zero-order chi connectivity index (χ0) is 13.0. The summed E-state index contributed by atoms with van der Waals surface area (Å²) >= 11 is 8.61. The van der Waals surface area contributed by atoms with Crippen LogP contribution in [0.1, 0.15) is 17.2 Å². The molecule has 0 aliphatic heterocycles. The molecule has 0 aliphatic carbocycles. The average molecular weight is 326 g/mol. The van der Waals surface area contributed by atoms with Crippen molar-refractivity contribution in [3.05, 3.63) is 50.7 Å². The van der Waals surface area contributed by atoms with Gasteiger partial charge in [0.15, 0.2) is 0 Å². The zero-order valence-electron chi connectivity index (χ0n) is 9.81. The normalized spacial score (nSPS) is 10.6. The van der Waals surface area contributed by atoms with E-state index in [-0.39, 0.29) is 0 Å². The summed E-state index contributed by atoms with van der Waals surface area (Å²) in [6.45, 7) is 0.460. The standard InChI is InChI=1S/C12H12BrN3OS/c1-17-7-9-11(13)12(18)16-10(15-9)6-8-4-2-3-5-14-8/h2-5H,6-7H2,1H3,(H,15,16,18). The van der Waals surface area contributed by atoms with Crippen molar-refractivity contribution >= 4 is 28.1 Å². The van der Waals surface area contributed by atoms with E-state index in [4.69, 9.17) is 17.0 Å². The third-order valence-corrected chi connectivity index (χ3v) is 3.76. The first-order valence-corrected chi connectivity index (χ1v) is 6.57. The molecule has 0 amide bonds. The summed E-state index contributed by atoms with van der Waals surface area (Å²) in [6.07, 6.45) is 2.38. The van der Waals surface area contributed by atoms with Crippen LogP contribution in [0.15, 0.2) is 28.9 Å². The Bertz CT molecular complexity index is 586. The summed E-state index contributed by atoms with van der Waals surface area (Å²) in [5, 5.41) is 0. The number of hydrogen-bond acceptors (Lipinski definition) is 4. The average Bonchev–Trinajstić information content (AvgIpc) is 2.37. The molecule has 2 aromatic heterocycles. The molecule has 0 fully saturated rings. The van der Waals surface area contributed by atoms with Gasteiger partial charge in [0.2, 0.25) is 0 Å². The minimum absolute atomic E-state index is 0.460. The van der Waals surface area contributed by atoms with Gasteiger partial charge < -0.3 is 9.72 Å². The molecular formula is C12H12BrN3OS. The molecule has 2 aromatic rings. The Morgan fingerprint density at radius 3 is 2.94 bits per heavy atom. The van der Waals surface area contributed by atoms with Crippen molar-refractivity contribution in [3.8, 4) is 0 Å². The molecule has 0 aliphatic rings. The Morgan fingerprint density at radius 2 is 2.28 bits per heavy atom. The Kier molecular flexibility index (Phi) is 4.57. The van der Waals surface area contributed by atoms with E-state index in [1.807, 2.05) is 18.2 Å². The predicted molar refractivity (Wildman–Crippen MR) is 74.9 cm³/mol. The highest BCUT2D eigenvalue weighted by atomic mass is 79.9. The number of halogens is 1. The summed E-state index contributed by atoms with van der Waals surface area (Å²) in [4.78, 5) is 11.8. The number of H-pyrrole nitrogens is 1. The van der Waals surface area contributed by atoms with E-state index < -0.39 is 0 Å². The van der Waals surface area contributed by atoms with E-state index in [0.717, 1.165) is 21.7 Å². The van der Waals surface area contributed by atoms with Crippen molar-refractivity contribution in [2.45, 2.75) is 13.0 Å². The van der Waals surface area contributed by atoms with Gasteiger partial charge in [-0.3, -0.25) is 4.98 Å². The SMILES string of the molecule is COCc1[nH]c(Cc2ccccn2)nc(=S)c1Br. The van der Waals surface area contributed by atoms with E-state index >= 15 is 0 Å². The molecule has 0 atom stereocenters. The molecule has 18 heavy (non-hydrogen) atoms. The first kappa shape index (κ1) is 13.3. The van der Waals surface area contributed by atoms with Crippen molar-refractivity contribution in [1.29, 1.82) is 0 Å². The van der Waals surface area contributed by atoms with Crippen LogP contribution in [0.4, 0.5) is 0 Å². The Labute approximate surface area is 119 Å². The molecule has 94 valence electrons. The quantitative estimate of drug-likeness (QED) is 0.878. The zero-order valence-corrected chi connectivity index (χ0v) is 12.2. The van der Waals surface area contributed by atoms with Crippen LogP contribution < -0.4 is 0 Å². The number of aromatic amines is 1. The molecule has 0 unspecified atom stereocenters. The van der Waals surface area contributed by atoms with Gasteiger partial charge in [-0.05, 0) is 28.1 Å². The number of nitrogens with zero attached hydrogens (tertiary/aromatic N) is 2. The fourth-order valence-corrected chi connectivity index (χ4v) is 2.10. The lowest BCUT2D eigenvalue weighted by atomic mass is 10.2. The van der Waals surface area contributed by atoms with Gasteiger partial charge in [-0.2, -0.15) is 0 Å². The van der Waals surface area contributed by atoms with Crippen LogP contribution >= 0.6 is 28.1 Å². The maximum absolute atomic E-state index is 5.20. The molecule has 1 N–H and O–H groups in total. The van der Waals surface area contributed by atoms with E-state index in [9.17, 15) is 0 Å². The van der Waals surface area contributed by atoms with E-state index in [0.29, 0.717) is 17.7 Å². The first-order valence-electron chi connectivity index (χ1n) is 5.37. The topological polar surface area (TPSA) is 50.8 Å². The predicted octanol–water partition coefficient (Wildman–Crippen LogP) is 3.03. The largest absolute Gasteiger partial charge is 0.378 e. The number of aromatic nitrogens is 3. The highest BCUT2D eigenvalue weighted by Gasteiger charge is 2.07. The van der Waals surface area contributed by atoms with Gasteiger partial charge in [-0.25, -0.2) is 4.98 Å². The summed E-state index contributed by atoms with van der Waals surface area (Å²) in [7, 11) is 1.64. The van der Waals surface area contributed by atoms with Gasteiger partial charge in [-0.1, -0.05) is 18.3 Å². The summed E-state index contributed by atoms with van der Waals surface area (Å²) < 4.78 is 6.43. The molecule has 0 aromatic carbocycles. The fraction of sp³-hybridized carbons (Fsp3) is 0.250. The van der Waals surface area contributed by atoms with Crippen LogP contribution in [0, 0.1) is 4.64 Å². The lowest BCUT2D eigenvalue weighted by molar-refractivity contribution is 0.180. The Balaban J connectivity index is 2.32. The van der Waals surface area contributed by atoms with Gasteiger partial charge in [0.25, 0.3) is 0 Å². The van der Waals surface area contributed by atoms with Crippen LogP contribution in [-0.2, 0) is 17.8 Å². The van der Waals surface area contributed by atoms with Crippen molar-refractivity contribution < 1.29 is 4.74 Å².